The number of benzene rings is 1. The minimum absolute atomic E-state index is 0.970. The first-order valence-electron chi connectivity index (χ1n) is 8.39. The standard InChI is InChI=1S/C19H21N5/c1-15-16(5-4-8-20-15)13-23-9-11-24(12-10-23)19-17-6-2-3-7-18(17)21-14-22-19/h2-8,14H,9-13H2,1H3. The maximum absolute atomic E-state index is 4.54. The summed E-state index contributed by atoms with van der Waals surface area (Å²) in [6.07, 6.45) is 3.53. The molecule has 0 unspecified atom stereocenters. The molecule has 0 amide bonds. The number of aryl methyl sites for hydroxylation is 1. The Hall–Kier alpha value is -2.53. The van der Waals surface area contributed by atoms with Crippen LogP contribution >= 0.6 is 0 Å². The Kier molecular flexibility index (Phi) is 4.09. The lowest BCUT2D eigenvalue weighted by molar-refractivity contribution is 0.249. The van der Waals surface area contributed by atoms with Crippen molar-refractivity contribution in [3.05, 3.63) is 60.2 Å². The highest BCUT2D eigenvalue weighted by Gasteiger charge is 2.20. The fourth-order valence-corrected chi connectivity index (χ4v) is 3.29. The summed E-state index contributed by atoms with van der Waals surface area (Å²) in [4.78, 5) is 18.2. The maximum atomic E-state index is 4.54. The van der Waals surface area contributed by atoms with Crippen molar-refractivity contribution < 1.29 is 0 Å². The van der Waals surface area contributed by atoms with Gasteiger partial charge >= 0.3 is 0 Å². The molecule has 3 aromatic rings. The van der Waals surface area contributed by atoms with E-state index in [4.69, 9.17) is 0 Å². The van der Waals surface area contributed by atoms with E-state index in [1.165, 1.54) is 5.56 Å². The van der Waals surface area contributed by atoms with Gasteiger partial charge in [0.05, 0.1) is 5.52 Å². The van der Waals surface area contributed by atoms with Gasteiger partial charge in [0.2, 0.25) is 0 Å². The molecule has 0 aliphatic carbocycles. The number of anilines is 1. The maximum Gasteiger partial charge on any atom is 0.139 e. The van der Waals surface area contributed by atoms with Gasteiger partial charge in [-0.05, 0) is 30.7 Å². The molecule has 1 aliphatic rings. The monoisotopic (exact) mass is 319 g/mol. The fraction of sp³-hybridized carbons (Fsp3) is 0.316. The number of hydrogen-bond donors (Lipinski definition) is 0. The van der Waals surface area contributed by atoms with Crippen molar-refractivity contribution in [2.24, 2.45) is 0 Å². The molecular formula is C19H21N5. The van der Waals surface area contributed by atoms with Gasteiger partial charge in [0.1, 0.15) is 12.1 Å². The lowest BCUT2D eigenvalue weighted by Crippen LogP contribution is -2.46. The van der Waals surface area contributed by atoms with E-state index in [0.29, 0.717) is 0 Å². The number of rotatable bonds is 3. The van der Waals surface area contributed by atoms with Crippen LogP contribution in [-0.4, -0.2) is 46.0 Å². The second-order valence-corrected chi connectivity index (χ2v) is 6.23. The SMILES string of the molecule is Cc1ncccc1CN1CCN(c2ncnc3ccccc23)CC1. The normalized spacial score (nSPS) is 15.8. The molecule has 3 heterocycles. The van der Waals surface area contributed by atoms with Crippen LogP contribution in [0.5, 0.6) is 0 Å². The highest BCUT2D eigenvalue weighted by Crippen LogP contribution is 2.23. The van der Waals surface area contributed by atoms with Crippen molar-refractivity contribution in [3.63, 3.8) is 0 Å². The number of aromatic nitrogens is 3. The van der Waals surface area contributed by atoms with E-state index in [1.54, 1.807) is 6.33 Å². The molecule has 0 bridgehead atoms. The summed E-state index contributed by atoms with van der Waals surface area (Å²) < 4.78 is 0. The molecule has 4 rings (SSSR count). The van der Waals surface area contributed by atoms with Gasteiger partial charge in [-0.2, -0.15) is 0 Å². The molecule has 0 spiro atoms. The summed E-state index contributed by atoms with van der Waals surface area (Å²) in [5.74, 6) is 1.05. The van der Waals surface area contributed by atoms with Crippen LogP contribution in [0.25, 0.3) is 10.9 Å². The Labute approximate surface area is 142 Å². The second-order valence-electron chi connectivity index (χ2n) is 6.23. The van der Waals surface area contributed by atoms with Crippen molar-refractivity contribution >= 4 is 16.7 Å². The summed E-state index contributed by atoms with van der Waals surface area (Å²) in [5, 5.41) is 1.14. The van der Waals surface area contributed by atoms with Crippen LogP contribution in [0.1, 0.15) is 11.3 Å². The Bertz CT molecular complexity index is 835. The zero-order chi connectivity index (χ0) is 16.4. The minimum Gasteiger partial charge on any atom is -0.353 e. The predicted octanol–water partition coefficient (Wildman–Crippen LogP) is 2.66. The third-order valence-corrected chi connectivity index (χ3v) is 4.70. The molecule has 1 fully saturated rings. The van der Waals surface area contributed by atoms with Gasteiger partial charge in [0.15, 0.2) is 0 Å². The lowest BCUT2D eigenvalue weighted by Gasteiger charge is -2.35. The summed E-state index contributed by atoms with van der Waals surface area (Å²) in [6.45, 7) is 7.09. The average molecular weight is 319 g/mol. The van der Waals surface area contributed by atoms with Crippen molar-refractivity contribution in [2.45, 2.75) is 13.5 Å². The van der Waals surface area contributed by atoms with Crippen LogP contribution in [0.4, 0.5) is 5.82 Å². The average Bonchev–Trinajstić information content (AvgIpc) is 2.64. The Morgan fingerprint density at radius 1 is 0.917 bits per heavy atom. The molecule has 5 nitrogen and oxygen atoms in total. The fourth-order valence-electron chi connectivity index (χ4n) is 3.29. The third kappa shape index (κ3) is 2.95. The molecule has 5 heteroatoms. The molecule has 0 saturated carbocycles. The van der Waals surface area contributed by atoms with Gasteiger partial charge in [-0.25, -0.2) is 9.97 Å². The Morgan fingerprint density at radius 2 is 1.75 bits per heavy atom. The molecule has 1 aromatic carbocycles. The van der Waals surface area contributed by atoms with Crippen LogP contribution in [0.3, 0.4) is 0 Å². The first-order chi connectivity index (χ1) is 11.8. The van der Waals surface area contributed by atoms with Gasteiger partial charge in [-0.15, -0.1) is 0 Å². The first kappa shape index (κ1) is 15.0. The summed E-state index contributed by atoms with van der Waals surface area (Å²) >= 11 is 0. The molecule has 0 N–H and O–H groups in total. The van der Waals surface area contributed by atoms with E-state index >= 15 is 0 Å². The van der Waals surface area contributed by atoms with E-state index < -0.39 is 0 Å². The van der Waals surface area contributed by atoms with E-state index in [2.05, 4.69) is 49.9 Å². The molecule has 1 saturated heterocycles. The number of pyridine rings is 1. The van der Waals surface area contributed by atoms with Crippen LogP contribution in [0, 0.1) is 6.92 Å². The lowest BCUT2D eigenvalue weighted by atomic mass is 10.1. The Morgan fingerprint density at radius 3 is 2.58 bits per heavy atom. The molecule has 1 aliphatic heterocycles. The molecular weight excluding hydrogens is 298 g/mol. The van der Waals surface area contributed by atoms with Gasteiger partial charge in [0.25, 0.3) is 0 Å². The van der Waals surface area contributed by atoms with Gasteiger partial charge in [-0.1, -0.05) is 18.2 Å². The smallest absolute Gasteiger partial charge is 0.139 e. The van der Waals surface area contributed by atoms with Gasteiger partial charge in [0, 0.05) is 50.0 Å². The number of para-hydroxylation sites is 1. The number of hydrogen-bond acceptors (Lipinski definition) is 5. The highest BCUT2D eigenvalue weighted by atomic mass is 15.3. The van der Waals surface area contributed by atoms with E-state index in [9.17, 15) is 0 Å². The van der Waals surface area contributed by atoms with E-state index in [1.807, 2.05) is 24.4 Å². The minimum atomic E-state index is 0.970. The van der Waals surface area contributed by atoms with Crippen LogP contribution in [-0.2, 0) is 6.54 Å². The van der Waals surface area contributed by atoms with E-state index in [-0.39, 0.29) is 0 Å². The quantitative estimate of drug-likeness (QED) is 0.743. The summed E-state index contributed by atoms with van der Waals surface area (Å²) in [7, 11) is 0. The van der Waals surface area contributed by atoms with Crippen molar-refractivity contribution in [1.82, 2.24) is 19.9 Å². The number of nitrogens with zero attached hydrogens (tertiary/aromatic N) is 5. The molecule has 122 valence electrons. The zero-order valence-corrected chi connectivity index (χ0v) is 13.9. The first-order valence-corrected chi connectivity index (χ1v) is 8.39. The number of piperazine rings is 1. The Balaban J connectivity index is 1.47. The largest absolute Gasteiger partial charge is 0.353 e. The molecule has 0 radical (unpaired) electrons. The topological polar surface area (TPSA) is 45.2 Å². The van der Waals surface area contributed by atoms with Gasteiger partial charge in [-0.3, -0.25) is 9.88 Å². The van der Waals surface area contributed by atoms with Crippen molar-refractivity contribution in [2.75, 3.05) is 31.1 Å². The molecule has 0 atom stereocenters. The predicted molar refractivity (Wildman–Crippen MR) is 96.0 cm³/mol. The zero-order valence-electron chi connectivity index (χ0n) is 13.9. The molecule has 24 heavy (non-hydrogen) atoms. The van der Waals surface area contributed by atoms with Gasteiger partial charge < -0.3 is 4.90 Å². The highest BCUT2D eigenvalue weighted by molar-refractivity contribution is 5.89. The van der Waals surface area contributed by atoms with E-state index in [0.717, 1.165) is 55.1 Å². The second kappa shape index (κ2) is 6.53. The molecule has 2 aromatic heterocycles. The summed E-state index contributed by atoms with van der Waals surface area (Å²) in [5.41, 5.74) is 3.45. The summed E-state index contributed by atoms with van der Waals surface area (Å²) in [6, 6.07) is 12.4. The van der Waals surface area contributed by atoms with Crippen LogP contribution in [0.15, 0.2) is 48.9 Å². The van der Waals surface area contributed by atoms with Crippen molar-refractivity contribution in [3.8, 4) is 0 Å². The van der Waals surface area contributed by atoms with Crippen LogP contribution < -0.4 is 4.90 Å². The van der Waals surface area contributed by atoms with Crippen LogP contribution in [0.2, 0.25) is 0 Å². The third-order valence-electron chi connectivity index (χ3n) is 4.70. The van der Waals surface area contributed by atoms with Crippen molar-refractivity contribution in [1.29, 1.82) is 0 Å². The number of fused-ring (bicyclic) bond motifs is 1.